The summed E-state index contributed by atoms with van der Waals surface area (Å²) in [6.07, 6.45) is 3.77. The molecule has 0 radical (unpaired) electrons. The fourth-order valence-electron chi connectivity index (χ4n) is 5.98. The number of hydrogen-bond acceptors (Lipinski definition) is 5. The molecule has 2 unspecified atom stereocenters. The van der Waals surface area contributed by atoms with Crippen molar-refractivity contribution in [2.45, 2.75) is 61.1 Å². The first-order valence-electron chi connectivity index (χ1n) is 11.5. The first-order valence-corrected chi connectivity index (χ1v) is 12.3. The Balaban J connectivity index is 1.62. The number of benzene rings is 1. The van der Waals surface area contributed by atoms with Gasteiger partial charge in [-0.05, 0) is 44.6 Å². The third kappa shape index (κ3) is 3.71. The standard InChI is InChI=1S/C24H33N3O4S/c1-23-11-12-24(32-23)18(17(23)20(29)25-2)22(31)27(13-7-4-8-14-28)19(24)21(30)26-15-16-9-5-3-6-10-16/h3,5-6,9-10,17-19,28H,4,7-8,11-15H2,1-2H3,(H,25,29)(H,26,30)/t17-,18-,19?,23+,24?/m0/s1. The zero-order valence-electron chi connectivity index (χ0n) is 18.8. The minimum atomic E-state index is -0.584. The second-order valence-electron chi connectivity index (χ2n) is 9.36. The van der Waals surface area contributed by atoms with Gasteiger partial charge < -0.3 is 20.6 Å². The van der Waals surface area contributed by atoms with Crippen LogP contribution in [0.15, 0.2) is 30.3 Å². The molecule has 0 saturated carbocycles. The molecular formula is C24H33N3O4S. The number of hydrogen-bond donors (Lipinski definition) is 3. The zero-order valence-corrected chi connectivity index (χ0v) is 19.6. The van der Waals surface area contributed by atoms with Crippen molar-refractivity contribution in [2.24, 2.45) is 11.8 Å². The molecule has 8 heteroatoms. The number of amides is 3. The number of nitrogens with zero attached hydrogens (tertiary/aromatic N) is 1. The van der Waals surface area contributed by atoms with Crippen molar-refractivity contribution in [1.29, 1.82) is 0 Å². The number of aliphatic hydroxyl groups is 1. The molecule has 0 aliphatic carbocycles. The molecule has 32 heavy (non-hydrogen) atoms. The molecule has 174 valence electrons. The van der Waals surface area contributed by atoms with E-state index in [4.69, 9.17) is 5.11 Å². The molecule has 3 heterocycles. The third-order valence-electron chi connectivity index (χ3n) is 7.42. The quantitative estimate of drug-likeness (QED) is 0.488. The fraction of sp³-hybridized carbons (Fsp3) is 0.625. The van der Waals surface area contributed by atoms with Gasteiger partial charge in [0.15, 0.2) is 0 Å². The van der Waals surface area contributed by atoms with E-state index in [1.54, 1.807) is 23.7 Å². The Morgan fingerprint density at radius 1 is 1.16 bits per heavy atom. The van der Waals surface area contributed by atoms with Crippen LogP contribution in [0.25, 0.3) is 0 Å². The van der Waals surface area contributed by atoms with Gasteiger partial charge in [-0.2, -0.15) is 0 Å². The maximum atomic E-state index is 13.7. The minimum Gasteiger partial charge on any atom is -0.396 e. The molecule has 1 spiro atoms. The highest BCUT2D eigenvalue weighted by Gasteiger charge is 2.76. The molecule has 7 nitrogen and oxygen atoms in total. The lowest BCUT2D eigenvalue weighted by molar-refractivity contribution is -0.140. The van der Waals surface area contributed by atoms with Gasteiger partial charge in [0.05, 0.1) is 16.6 Å². The lowest BCUT2D eigenvalue weighted by atomic mass is 9.66. The van der Waals surface area contributed by atoms with Crippen molar-refractivity contribution in [3.63, 3.8) is 0 Å². The lowest BCUT2D eigenvalue weighted by Gasteiger charge is -2.34. The van der Waals surface area contributed by atoms with Crippen molar-refractivity contribution in [3.05, 3.63) is 35.9 Å². The van der Waals surface area contributed by atoms with Crippen LogP contribution in [-0.2, 0) is 20.9 Å². The van der Waals surface area contributed by atoms with Crippen molar-refractivity contribution in [3.8, 4) is 0 Å². The summed E-state index contributed by atoms with van der Waals surface area (Å²) < 4.78 is -0.901. The average Bonchev–Trinajstić information content (AvgIpc) is 3.36. The van der Waals surface area contributed by atoms with E-state index in [9.17, 15) is 14.4 Å². The summed E-state index contributed by atoms with van der Waals surface area (Å²) in [5.74, 6) is -1.22. The van der Waals surface area contributed by atoms with E-state index < -0.39 is 22.6 Å². The zero-order chi connectivity index (χ0) is 22.9. The van der Waals surface area contributed by atoms with Gasteiger partial charge in [0, 0.05) is 31.5 Å². The number of fused-ring (bicyclic) bond motifs is 1. The van der Waals surface area contributed by atoms with Crippen LogP contribution < -0.4 is 10.6 Å². The number of thioether (sulfide) groups is 1. The van der Waals surface area contributed by atoms with Gasteiger partial charge in [0.1, 0.15) is 6.04 Å². The van der Waals surface area contributed by atoms with Gasteiger partial charge in [-0.25, -0.2) is 0 Å². The molecule has 0 aromatic heterocycles. The Hall–Kier alpha value is -2.06. The van der Waals surface area contributed by atoms with Crippen LogP contribution in [0.2, 0.25) is 0 Å². The number of unbranched alkanes of at least 4 members (excludes halogenated alkanes) is 2. The van der Waals surface area contributed by atoms with E-state index in [2.05, 4.69) is 17.6 Å². The molecule has 2 bridgehead atoms. The monoisotopic (exact) mass is 459 g/mol. The molecule has 3 aliphatic rings. The second-order valence-corrected chi connectivity index (χ2v) is 11.3. The minimum absolute atomic E-state index is 0.0709. The summed E-state index contributed by atoms with van der Waals surface area (Å²) in [5, 5.41) is 14.9. The lowest BCUT2D eigenvalue weighted by Crippen LogP contribution is -2.53. The number of nitrogens with one attached hydrogen (secondary N) is 2. The summed E-state index contributed by atoms with van der Waals surface area (Å²) in [4.78, 5) is 41.9. The van der Waals surface area contributed by atoms with Crippen molar-refractivity contribution in [1.82, 2.24) is 15.5 Å². The van der Waals surface area contributed by atoms with Crippen LogP contribution in [0, 0.1) is 11.8 Å². The van der Waals surface area contributed by atoms with Gasteiger partial charge in [-0.15, -0.1) is 11.8 Å². The molecule has 4 rings (SSSR count). The van der Waals surface area contributed by atoms with E-state index in [1.165, 1.54) is 0 Å². The average molecular weight is 460 g/mol. The van der Waals surface area contributed by atoms with Crippen LogP contribution in [0.5, 0.6) is 0 Å². The summed E-state index contributed by atoms with van der Waals surface area (Å²) in [7, 11) is 1.62. The molecule has 3 N–H and O–H groups in total. The number of carbonyl (C=O) groups is 3. The highest BCUT2D eigenvalue weighted by molar-refractivity contribution is 8.02. The van der Waals surface area contributed by atoms with Crippen LogP contribution in [0.4, 0.5) is 0 Å². The molecule has 3 fully saturated rings. The Kier molecular flexibility index (Phi) is 6.54. The number of aliphatic hydroxyl groups excluding tert-OH is 1. The van der Waals surface area contributed by atoms with Crippen LogP contribution >= 0.6 is 11.8 Å². The number of likely N-dealkylation sites (tertiary alicyclic amines) is 1. The Bertz CT molecular complexity index is 881. The first-order chi connectivity index (χ1) is 15.4. The molecular weight excluding hydrogens is 426 g/mol. The largest absolute Gasteiger partial charge is 0.396 e. The molecule has 3 saturated heterocycles. The van der Waals surface area contributed by atoms with Gasteiger partial charge >= 0.3 is 0 Å². The van der Waals surface area contributed by atoms with E-state index in [-0.39, 0.29) is 29.1 Å². The molecule has 5 atom stereocenters. The van der Waals surface area contributed by atoms with Gasteiger partial charge in [-0.3, -0.25) is 14.4 Å². The summed E-state index contributed by atoms with van der Waals surface area (Å²) in [6.45, 7) is 3.07. The Morgan fingerprint density at radius 3 is 2.59 bits per heavy atom. The second kappa shape index (κ2) is 9.06. The van der Waals surface area contributed by atoms with Crippen molar-refractivity contribution >= 4 is 29.5 Å². The third-order valence-corrected chi connectivity index (χ3v) is 9.41. The van der Waals surface area contributed by atoms with Crippen molar-refractivity contribution in [2.75, 3.05) is 20.2 Å². The number of rotatable bonds is 9. The van der Waals surface area contributed by atoms with Gasteiger partial charge in [0.2, 0.25) is 17.7 Å². The van der Waals surface area contributed by atoms with E-state index >= 15 is 0 Å². The van der Waals surface area contributed by atoms with Crippen LogP contribution in [0.1, 0.15) is 44.6 Å². The predicted molar refractivity (Wildman–Crippen MR) is 124 cm³/mol. The smallest absolute Gasteiger partial charge is 0.244 e. The highest BCUT2D eigenvalue weighted by Crippen LogP contribution is 2.71. The summed E-state index contributed by atoms with van der Waals surface area (Å²) >= 11 is 1.69. The summed E-state index contributed by atoms with van der Waals surface area (Å²) in [5.41, 5.74) is 1.01. The molecule has 1 aromatic rings. The highest BCUT2D eigenvalue weighted by atomic mass is 32.2. The summed E-state index contributed by atoms with van der Waals surface area (Å²) in [6, 6.07) is 9.15. The van der Waals surface area contributed by atoms with Gasteiger partial charge in [-0.1, -0.05) is 30.3 Å². The number of carbonyl (C=O) groups excluding carboxylic acids is 3. The maximum absolute atomic E-state index is 13.7. The van der Waals surface area contributed by atoms with E-state index in [0.717, 1.165) is 31.2 Å². The molecule has 3 aliphatic heterocycles. The Labute approximate surface area is 193 Å². The topological polar surface area (TPSA) is 98.7 Å². The van der Waals surface area contributed by atoms with Gasteiger partial charge in [0.25, 0.3) is 0 Å². The van der Waals surface area contributed by atoms with Crippen molar-refractivity contribution < 1.29 is 19.5 Å². The normalized spacial score (nSPS) is 32.8. The predicted octanol–water partition coefficient (Wildman–Crippen LogP) is 1.69. The molecule has 3 amide bonds. The fourth-order valence-corrected chi connectivity index (χ4v) is 8.33. The van der Waals surface area contributed by atoms with Crippen LogP contribution in [-0.4, -0.2) is 63.5 Å². The van der Waals surface area contributed by atoms with Crippen LogP contribution in [0.3, 0.4) is 0 Å². The van der Waals surface area contributed by atoms with E-state index in [0.29, 0.717) is 19.5 Å². The SMILES string of the molecule is CNC(=O)[C@@H]1[C@H]2C(=O)N(CCCCCO)C(C(=O)NCc3ccccc3)C23CC[C@@]1(C)S3. The Morgan fingerprint density at radius 2 is 1.91 bits per heavy atom. The molecule has 1 aromatic carbocycles. The first kappa shape index (κ1) is 23.1. The van der Waals surface area contributed by atoms with E-state index in [1.807, 2.05) is 30.3 Å². The maximum Gasteiger partial charge on any atom is 0.244 e.